The molecule has 204 valence electrons. The molecule has 2 fully saturated rings. The lowest BCUT2D eigenvalue weighted by molar-refractivity contribution is -0.152. The van der Waals surface area contributed by atoms with Gasteiger partial charge in [0.05, 0.1) is 24.3 Å². The Morgan fingerprint density at radius 2 is 1.85 bits per heavy atom. The highest BCUT2D eigenvalue weighted by Gasteiger charge is 2.43. The van der Waals surface area contributed by atoms with Crippen LogP contribution in [0.25, 0.3) is 10.9 Å². The molecule has 39 heavy (non-hydrogen) atoms. The van der Waals surface area contributed by atoms with Crippen LogP contribution in [0.5, 0.6) is 0 Å². The van der Waals surface area contributed by atoms with Crippen molar-refractivity contribution in [3.8, 4) is 6.07 Å². The minimum Gasteiger partial charge on any atom is -0.465 e. The maximum atomic E-state index is 14.0. The lowest BCUT2D eigenvalue weighted by Gasteiger charge is -2.35. The Kier molecular flexibility index (Phi) is 8.33. The monoisotopic (exact) mass is 526 g/mol. The van der Waals surface area contributed by atoms with Gasteiger partial charge in [-0.15, -0.1) is 0 Å². The lowest BCUT2D eigenvalue weighted by atomic mass is 10.0. The number of nitrogens with zero attached hydrogens (tertiary/aromatic N) is 4. The molecule has 1 amide bonds. The van der Waals surface area contributed by atoms with Crippen molar-refractivity contribution in [2.24, 2.45) is 0 Å². The Morgan fingerprint density at radius 3 is 2.59 bits per heavy atom. The van der Waals surface area contributed by atoms with E-state index in [-0.39, 0.29) is 24.0 Å². The predicted molar refractivity (Wildman–Crippen MR) is 151 cm³/mol. The Morgan fingerprint density at radius 1 is 1.05 bits per heavy atom. The molecular weight excluding hydrogens is 488 g/mol. The second-order valence-electron chi connectivity index (χ2n) is 10.6. The van der Waals surface area contributed by atoms with Gasteiger partial charge in [0.1, 0.15) is 6.04 Å². The summed E-state index contributed by atoms with van der Waals surface area (Å²) in [7, 11) is 0. The number of aromatic nitrogens is 1. The molecule has 0 aliphatic carbocycles. The van der Waals surface area contributed by atoms with Gasteiger partial charge in [-0.3, -0.25) is 9.69 Å². The first kappa shape index (κ1) is 27.0. The van der Waals surface area contributed by atoms with Crippen molar-refractivity contribution in [2.45, 2.75) is 77.0 Å². The van der Waals surface area contributed by atoms with E-state index in [1.165, 1.54) is 5.69 Å². The van der Waals surface area contributed by atoms with E-state index in [9.17, 15) is 14.9 Å². The SMILES string of the molecule is CCOC(=O)C(c1ccccc1)N1CCC[C@@H]1C(=O)N1CCC[C@H]1CCc1cc2ccc(C#N)cc2n1CC. The number of ether oxygens (including phenoxy) is 1. The number of aryl methyl sites for hydroxylation is 2. The Labute approximate surface area is 230 Å². The van der Waals surface area contributed by atoms with Crippen LogP contribution >= 0.6 is 0 Å². The molecule has 3 heterocycles. The van der Waals surface area contributed by atoms with E-state index in [1.54, 1.807) is 0 Å². The number of fused-ring (bicyclic) bond motifs is 1. The average molecular weight is 527 g/mol. The van der Waals surface area contributed by atoms with Crippen LogP contribution in [0.1, 0.15) is 68.8 Å². The van der Waals surface area contributed by atoms with E-state index in [0.717, 1.165) is 68.1 Å². The molecule has 2 aliphatic heterocycles. The normalized spacial score (nSPS) is 20.3. The second kappa shape index (κ2) is 12.0. The van der Waals surface area contributed by atoms with Crippen LogP contribution in [-0.4, -0.2) is 58.0 Å². The highest BCUT2D eigenvalue weighted by atomic mass is 16.5. The predicted octanol–water partition coefficient (Wildman–Crippen LogP) is 5.23. The lowest BCUT2D eigenvalue weighted by Crippen LogP contribution is -2.50. The number of benzene rings is 2. The highest BCUT2D eigenvalue weighted by Crippen LogP contribution is 2.34. The van der Waals surface area contributed by atoms with Crippen LogP contribution in [0.15, 0.2) is 54.6 Å². The molecule has 0 radical (unpaired) electrons. The number of esters is 1. The van der Waals surface area contributed by atoms with Crippen molar-refractivity contribution in [1.82, 2.24) is 14.4 Å². The summed E-state index contributed by atoms with van der Waals surface area (Å²) in [5.41, 5.74) is 3.89. The number of likely N-dealkylation sites (tertiary alicyclic amines) is 2. The molecule has 7 nitrogen and oxygen atoms in total. The molecule has 2 saturated heterocycles. The van der Waals surface area contributed by atoms with E-state index in [0.29, 0.717) is 18.7 Å². The molecule has 0 bridgehead atoms. The minimum atomic E-state index is -0.567. The van der Waals surface area contributed by atoms with Gasteiger partial charge in [-0.25, -0.2) is 4.79 Å². The summed E-state index contributed by atoms with van der Waals surface area (Å²) in [5, 5.41) is 10.5. The van der Waals surface area contributed by atoms with E-state index < -0.39 is 6.04 Å². The standard InChI is InChI=1S/C32H38N4O3/c1-3-34-27(21-25-15-14-23(22-33)20-29(25)34)17-16-26-12-8-18-35(26)31(37)28-13-9-19-36(28)30(32(38)39-4-2)24-10-6-5-7-11-24/h5-7,10-11,14-15,20-21,26,28,30H,3-4,8-9,12-13,16-19H2,1-2H3/t26-,28+,30?/m0/s1. The highest BCUT2D eigenvalue weighted by molar-refractivity contribution is 5.85. The maximum Gasteiger partial charge on any atom is 0.328 e. The van der Waals surface area contributed by atoms with Gasteiger partial charge in [-0.05, 0) is 81.5 Å². The van der Waals surface area contributed by atoms with E-state index in [1.807, 2.05) is 55.5 Å². The zero-order valence-electron chi connectivity index (χ0n) is 23.0. The van der Waals surface area contributed by atoms with Crippen LogP contribution in [0.3, 0.4) is 0 Å². The third-order valence-corrected chi connectivity index (χ3v) is 8.37. The number of rotatable bonds is 9. The molecule has 1 aromatic heterocycles. The molecule has 2 aromatic carbocycles. The number of hydrogen-bond acceptors (Lipinski definition) is 5. The zero-order valence-corrected chi connectivity index (χ0v) is 23.0. The van der Waals surface area contributed by atoms with Crippen LogP contribution in [0.4, 0.5) is 0 Å². The van der Waals surface area contributed by atoms with Gasteiger partial charge in [-0.2, -0.15) is 5.26 Å². The third-order valence-electron chi connectivity index (χ3n) is 8.37. The largest absolute Gasteiger partial charge is 0.465 e. The van der Waals surface area contributed by atoms with E-state index in [4.69, 9.17) is 4.74 Å². The molecule has 0 N–H and O–H groups in total. The molecule has 2 aliphatic rings. The van der Waals surface area contributed by atoms with Crippen LogP contribution in [0, 0.1) is 11.3 Å². The Hall–Kier alpha value is -3.63. The van der Waals surface area contributed by atoms with Crippen molar-refractivity contribution in [3.05, 3.63) is 71.4 Å². The maximum absolute atomic E-state index is 14.0. The summed E-state index contributed by atoms with van der Waals surface area (Å²) < 4.78 is 7.76. The van der Waals surface area contributed by atoms with Gasteiger partial charge in [0.2, 0.25) is 5.91 Å². The first-order valence-corrected chi connectivity index (χ1v) is 14.4. The summed E-state index contributed by atoms with van der Waals surface area (Å²) in [6.45, 7) is 6.58. The number of amides is 1. The van der Waals surface area contributed by atoms with Crippen molar-refractivity contribution in [3.63, 3.8) is 0 Å². The number of nitriles is 1. The fraction of sp³-hybridized carbons (Fsp3) is 0.469. The molecule has 5 rings (SSSR count). The van der Waals surface area contributed by atoms with Gasteiger partial charge < -0.3 is 14.2 Å². The van der Waals surface area contributed by atoms with Gasteiger partial charge >= 0.3 is 5.97 Å². The average Bonchev–Trinajstić information content (AvgIpc) is 3.70. The van der Waals surface area contributed by atoms with Crippen molar-refractivity contribution in [1.29, 1.82) is 5.26 Å². The fourth-order valence-corrected chi connectivity index (χ4v) is 6.58. The first-order chi connectivity index (χ1) is 19.0. The third kappa shape index (κ3) is 5.44. The van der Waals surface area contributed by atoms with E-state index in [2.05, 4.69) is 33.4 Å². The smallest absolute Gasteiger partial charge is 0.328 e. The summed E-state index contributed by atoms with van der Waals surface area (Å²) in [4.78, 5) is 31.3. The summed E-state index contributed by atoms with van der Waals surface area (Å²) >= 11 is 0. The number of carbonyl (C=O) groups excluding carboxylic acids is 2. The molecule has 3 atom stereocenters. The number of hydrogen-bond donors (Lipinski definition) is 0. The van der Waals surface area contributed by atoms with Gasteiger partial charge in [0, 0.05) is 36.9 Å². The number of carbonyl (C=O) groups is 2. The molecule has 0 saturated carbocycles. The van der Waals surface area contributed by atoms with Gasteiger partial charge in [0.15, 0.2) is 0 Å². The summed E-state index contributed by atoms with van der Waals surface area (Å²) in [6.07, 6.45) is 5.44. The molecular formula is C32H38N4O3. The topological polar surface area (TPSA) is 78.6 Å². The summed E-state index contributed by atoms with van der Waals surface area (Å²) in [5.74, 6) is -0.136. The minimum absolute atomic E-state index is 0.148. The fourth-order valence-electron chi connectivity index (χ4n) is 6.58. The molecule has 1 unspecified atom stereocenters. The molecule has 3 aromatic rings. The second-order valence-corrected chi connectivity index (χ2v) is 10.6. The van der Waals surface area contributed by atoms with Crippen LogP contribution < -0.4 is 0 Å². The molecule has 0 spiro atoms. The van der Waals surface area contributed by atoms with Crippen LogP contribution in [0.2, 0.25) is 0 Å². The van der Waals surface area contributed by atoms with Crippen molar-refractivity contribution in [2.75, 3.05) is 19.7 Å². The quantitative estimate of drug-likeness (QED) is 0.357. The zero-order chi connectivity index (χ0) is 27.4. The Balaban J connectivity index is 1.33. The Bertz CT molecular complexity index is 1360. The van der Waals surface area contributed by atoms with E-state index >= 15 is 0 Å². The van der Waals surface area contributed by atoms with Gasteiger partial charge in [-0.1, -0.05) is 36.4 Å². The first-order valence-electron chi connectivity index (χ1n) is 14.4. The molecule has 7 heteroatoms. The van der Waals surface area contributed by atoms with Gasteiger partial charge in [0.25, 0.3) is 0 Å². The van der Waals surface area contributed by atoms with Crippen molar-refractivity contribution < 1.29 is 14.3 Å². The van der Waals surface area contributed by atoms with Crippen LogP contribution in [-0.2, 0) is 27.3 Å². The van der Waals surface area contributed by atoms with Crippen molar-refractivity contribution >= 4 is 22.8 Å². The summed E-state index contributed by atoms with van der Waals surface area (Å²) in [6, 6.07) is 19.3.